The monoisotopic (exact) mass is 294 g/mol. The summed E-state index contributed by atoms with van der Waals surface area (Å²) in [4.78, 5) is 4.09. The molecule has 22 heavy (non-hydrogen) atoms. The normalized spacial score (nSPS) is 14.7. The molecule has 2 heterocycles. The molecule has 4 rings (SSSR count). The quantitative estimate of drug-likeness (QED) is 0.744. The van der Waals surface area contributed by atoms with E-state index in [0.717, 1.165) is 35.6 Å². The zero-order valence-corrected chi connectivity index (χ0v) is 12.6. The van der Waals surface area contributed by atoms with Gasteiger partial charge < -0.3 is 9.64 Å². The Labute approximate surface area is 129 Å². The minimum Gasteiger partial charge on any atom is -0.497 e. The minimum absolute atomic E-state index is 0.830. The fourth-order valence-electron chi connectivity index (χ4n) is 2.91. The van der Waals surface area contributed by atoms with Crippen molar-refractivity contribution < 1.29 is 4.74 Å². The fourth-order valence-corrected chi connectivity index (χ4v) is 2.91. The highest BCUT2D eigenvalue weighted by molar-refractivity contribution is 5.78. The molecular weight excluding hydrogens is 276 g/mol. The van der Waals surface area contributed by atoms with Crippen LogP contribution in [0, 0.1) is 0 Å². The summed E-state index contributed by atoms with van der Waals surface area (Å²) in [6.07, 6.45) is 2.55. The van der Waals surface area contributed by atoms with Crippen LogP contribution in [-0.2, 0) is 0 Å². The van der Waals surface area contributed by atoms with Crippen LogP contribution in [-0.4, -0.2) is 35.2 Å². The zero-order chi connectivity index (χ0) is 14.9. The highest BCUT2D eigenvalue weighted by Crippen LogP contribution is 2.24. The van der Waals surface area contributed by atoms with Gasteiger partial charge in [-0.2, -0.15) is 4.80 Å². The van der Waals surface area contributed by atoms with E-state index in [1.54, 1.807) is 11.9 Å². The van der Waals surface area contributed by atoms with Gasteiger partial charge in [0.15, 0.2) is 0 Å². The predicted octanol–water partition coefficient (Wildman–Crippen LogP) is 3.03. The summed E-state index contributed by atoms with van der Waals surface area (Å²) in [6, 6.07) is 14.1. The van der Waals surface area contributed by atoms with Gasteiger partial charge in [0.1, 0.15) is 16.8 Å². The fraction of sp³-hybridized carbons (Fsp3) is 0.294. The van der Waals surface area contributed by atoms with E-state index in [0.29, 0.717) is 0 Å². The molecule has 5 heteroatoms. The Bertz CT molecular complexity index is 788. The lowest BCUT2D eigenvalue weighted by Gasteiger charge is -2.16. The maximum atomic E-state index is 5.18. The number of hydrogen-bond donors (Lipinski definition) is 0. The Morgan fingerprint density at radius 3 is 2.27 bits per heavy atom. The maximum absolute atomic E-state index is 5.18. The molecule has 0 saturated carbocycles. The van der Waals surface area contributed by atoms with Gasteiger partial charge in [-0.3, -0.25) is 0 Å². The first-order valence-electron chi connectivity index (χ1n) is 7.60. The summed E-state index contributed by atoms with van der Waals surface area (Å²) in [5.41, 5.74) is 4.02. The van der Waals surface area contributed by atoms with Gasteiger partial charge in [-0.25, -0.2) is 0 Å². The predicted molar refractivity (Wildman–Crippen MR) is 86.9 cm³/mol. The number of methoxy groups -OCH3 is 1. The molecule has 5 nitrogen and oxygen atoms in total. The molecule has 2 aromatic carbocycles. The Morgan fingerprint density at radius 2 is 1.55 bits per heavy atom. The average Bonchev–Trinajstić information content (AvgIpc) is 3.23. The van der Waals surface area contributed by atoms with Crippen molar-refractivity contribution in [3.8, 4) is 11.4 Å². The average molecular weight is 294 g/mol. The lowest BCUT2D eigenvalue weighted by atomic mass is 10.2. The van der Waals surface area contributed by atoms with Crippen molar-refractivity contribution in [2.24, 2.45) is 0 Å². The van der Waals surface area contributed by atoms with Gasteiger partial charge in [0.2, 0.25) is 0 Å². The first-order chi connectivity index (χ1) is 10.8. The number of aromatic nitrogens is 3. The number of fused-ring (bicyclic) bond motifs is 1. The van der Waals surface area contributed by atoms with E-state index in [9.17, 15) is 0 Å². The third-order valence-electron chi connectivity index (χ3n) is 4.14. The number of benzene rings is 2. The van der Waals surface area contributed by atoms with E-state index in [2.05, 4.69) is 33.3 Å². The zero-order valence-electron chi connectivity index (χ0n) is 12.6. The van der Waals surface area contributed by atoms with Gasteiger partial charge in [0, 0.05) is 18.8 Å². The second kappa shape index (κ2) is 5.33. The Kier molecular flexibility index (Phi) is 3.18. The van der Waals surface area contributed by atoms with Crippen molar-refractivity contribution in [3.05, 3.63) is 42.5 Å². The van der Waals surface area contributed by atoms with Crippen LogP contribution in [0.25, 0.3) is 16.7 Å². The molecule has 112 valence electrons. The van der Waals surface area contributed by atoms with Gasteiger partial charge in [-0.15, -0.1) is 10.2 Å². The van der Waals surface area contributed by atoms with Crippen molar-refractivity contribution in [1.29, 1.82) is 0 Å². The smallest absolute Gasteiger partial charge is 0.119 e. The molecule has 0 atom stereocenters. The topological polar surface area (TPSA) is 43.2 Å². The minimum atomic E-state index is 0.830. The van der Waals surface area contributed by atoms with E-state index < -0.39 is 0 Å². The lowest BCUT2D eigenvalue weighted by molar-refractivity contribution is 0.414. The van der Waals surface area contributed by atoms with Crippen LogP contribution in [0.15, 0.2) is 42.5 Å². The van der Waals surface area contributed by atoms with Crippen LogP contribution in [0.3, 0.4) is 0 Å². The van der Waals surface area contributed by atoms with Gasteiger partial charge in [-0.05, 0) is 55.3 Å². The molecule has 1 aliphatic heterocycles. The van der Waals surface area contributed by atoms with Crippen LogP contribution in [0.1, 0.15) is 12.8 Å². The second-order valence-electron chi connectivity index (χ2n) is 5.55. The Balaban J connectivity index is 1.70. The highest BCUT2D eigenvalue weighted by atomic mass is 16.5. The van der Waals surface area contributed by atoms with Crippen molar-refractivity contribution in [2.45, 2.75) is 12.8 Å². The maximum Gasteiger partial charge on any atom is 0.119 e. The van der Waals surface area contributed by atoms with E-state index >= 15 is 0 Å². The van der Waals surface area contributed by atoms with Crippen LogP contribution in [0.2, 0.25) is 0 Å². The van der Waals surface area contributed by atoms with Crippen molar-refractivity contribution >= 4 is 16.7 Å². The molecule has 0 spiro atoms. The molecule has 0 amide bonds. The molecule has 0 N–H and O–H groups in total. The number of rotatable bonds is 3. The third-order valence-corrected chi connectivity index (χ3v) is 4.14. The number of nitrogens with zero attached hydrogens (tertiary/aromatic N) is 4. The molecule has 1 fully saturated rings. The molecule has 0 aliphatic carbocycles. The number of hydrogen-bond acceptors (Lipinski definition) is 4. The van der Waals surface area contributed by atoms with Gasteiger partial charge in [0.25, 0.3) is 0 Å². The highest BCUT2D eigenvalue weighted by Gasteiger charge is 2.14. The Hall–Kier alpha value is -2.56. The van der Waals surface area contributed by atoms with Gasteiger partial charge >= 0.3 is 0 Å². The van der Waals surface area contributed by atoms with Gasteiger partial charge in [0.05, 0.1) is 12.8 Å². The van der Waals surface area contributed by atoms with Crippen LogP contribution < -0.4 is 9.64 Å². The SMILES string of the molecule is COc1ccc(-n2nc3ccc(N4CCCC4)cc3n2)cc1. The second-order valence-corrected chi connectivity index (χ2v) is 5.55. The molecule has 1 saturated heterocycles. The molecule has 0 unspecified atom stereocenters. The third kappa shape index (κ3) is 2.28. The summed E-state index contributed by atoms with van der Waals surface area (Å²) in [7, 11) is 1.66. The first kappa shape index (κ1) is 13.1. The van der Waals surface area contributed by atoms with E-state index in [1.807, 2.05) is 24.3 Å². The number of ether oxygens (including phenoxy) is 1. The largest absolute Gasteiger partial charge is 0.497 e. The summed E-state index contributed by atoms with van der Waals surface area (Å²) in [5, 5.41) is 9.16. The molecule has 0 bridgehead atoms. The van der Waals surface area contributed by atoms with Crippen LogP contribution >= 0.6 is 0 Å². The summed E-state index contributed by atoms with van der Waals surface area (Å²) < 4.78 is 5.18. The van der Waals surface area contributed by atoms with Crippen LogP contribution in [0.5, 0.6) is 5.75 Å². The molecule has 1 aliphatic rings. The van der Waals surface area contributed by atoms with Crippen molar-refractivity contribution in [3.63, 3.8) is 0 Å². The summed E-state index contributed by atoms with van der Waals surface area (Å²) in [5.74, 6) is 0.830. The van der Waals surface area contributed by atoms with Crippen LogP contribution in [0.4, 0.5) is 5.69 Å². The van der Waals surface area contributed by atoms with E-state index in [4.69, 9.17) is 4.74 Å². The number of anilines is 1. The molecule has 3 aromatic rings. The summed E-state index contributed by atoms with van der Waals surface area (Å²) >= 11 is 0. The van der Waals surface area contributed by atoms with Crippen molar-refractivity contribution in [1.82, 2.24) is 15.0 Å². The molecular formula is C17H18N4O. The first-order valence-corrected chi connectivity index (χ1v) is 7.60. The van der Waals surface area contributed by atoms with E-state index in [-0.39, 0.29) is 0 Å². The standard InChI is InChI=1S/C17H18N4O/c1-22-15-7-4-13(5-8-15)21-18-16-9-6-14(12-17(16)19-21)20-10-2-3-11-20/h4-9,12H,2-3,10-11H2,1H3. The Morgan fingerprint density at radius 1 is 0.864 bits per heavy atom. The van der Waals surface area contributed by atoms with Gasteiger partial charge in [-0.1, -0.05) is 0 Å². The van der Waals surface area contributed by atoms with Crippen molar-refractivity contribution in [2.75, 3.05) is 25.1 Å². The van der Waals surface area contributed by atoms with E-state index in [1.165, 1.54) is 18.5 Å². The molecule has 1 aromatic heterocycles. The summed E-state index contributed by atoms with van der Waals surface area (Å²) in [6.45, 7) is 2.27. The lowest BCUT2D eigenvalue weighted by Crippen LogP contribution is -2.17. The molecule has 0 radical (unpaired) electrons.